The van der Waals surface area contributed by atoms with Crippen LogP contribution in [0.4, 0.5) is 0 Å². The van der Waals surface area contributed by atoms with Gasteiger partial charge in [0, 0.05) is 11.9 Å². The van der Waals surface area contributed by atoms with Gasteiger partial charge in [-0.3, -0.25) is 15.1 Å². The molecule has 0 spiro atoms. The molecule has 0 radical (unpaired) electrons. The molecule has 1 fully saturated rings. The molecule has 1 aromatic heterocycles. The average Bonchev–Trinajstić information content (AvgIpc) is 2.88. The van der Waals surface area contributed by atoms with Crippen LogP contribution in [-0.2, 0) is 6.54 Å². The van der Waals surface area contributed by atoms with Crippen molar-refractivity contribution < 1.29 is 4.79 Å². The number of likely N-dealkylation sites (tertiary alicyclic amines) is 1. The molecule has 1 amide bonds. The zero-order valence-corrected chi connectivity index (χ0v) is 9.22. The molecule has 82 valence electrons. The van der Waals surface area contributed by atoms with Crippen molar-refractivity contribution in [2.75, 3.05) is 13.1 Å². The molecular formula is C9H14N4OS. The average molecular weight is 226 g/mol. The Morgan fingerprint density at radius 3 is 3.00 bits per heavy atom. The molecule has 2 heterocycles. The molecule has 5 nitrogen and oxygen atoms in total. The minimum atomic E-state index is -0.312. The van der Waals surface area contributed by atoms with Crippen LogP contribution in [0.25, 0.3) is 0 Å². The van der Waals surface area contributed by atoms with E-state index in [0.717, 1.165) is 25.3 Å². The number of amides is 1. The number of nitrogen functional groups attached to an aromatic ring is 1. The summed E-state index contributed by atoms with van der Waals surface area (Å²) in [6.07, 6.45) is 2.53. The second-order valence-corrected chi connectivity index (χ2v) is 4.46. The Labute approximate surface area is 92.3 Å². The van der Waals surface area contributed by atoms with E-state index < -0.39 is 0 Å². The third-order valence-electron chi connectivity index (χ3n) is 2.46. The summed E-state index contributed by atoms with van der Waals surface area (Å²) in [5.41, 5.74) is 3.04. The molecule has 0 aromatic carbocycles. The van der Waals surface area contributed by atoms with Gasteiger partial charge in [0.2, 0.25) is 0 Å². The van der Waals surface area contributed by atoms with Crippen LogP contribution < -0.4 is 11.3 Å². The van der Waals surface area contributed by atoms with Crippen molar-refractivity contribution in [3.63, 3.8) is 0 Å². The smallest absolute Gasteiger partial charge is 0.294 e. The molecular weight excluding hydrogens is 212 g/mol. The van der Waals surface area contributed by atoms with E-state index in [1.165, 1.54) is 24.2 Å². The second kappa shape index (κ2) is 4.69. The molecule has 1 saturated heterocycles. The molecule has 0 bridgehead atoms. The maximum absolute atomic E-state index is 11.2. The SMILES string of the molecule is NNC(=O)c1nc(CN2CCCC2)cs1. The molecule has 0 atom stereocenters. The summed E-state index contributed by atoms with van der Waals surface area (Å²) in [7, 11) is 0. The molecule has 1 aliphatic heterocycles. The molecule has 2 rings (SSSR count). The number of hydrogen-bond acceptors (Lipinski definition) is 5. The molecule has 0 saturated carbocycles. The van der Waals surface area contributed by atoms with Crippen molar-refractivity contribution in [1.82, 2.24) is 15.3 Å². The van der Waals surface area contributed by atoms with Gasteiger partial charge in [0.15, 0.2) is 5.01 Å². The zero-order chi connectivity index (χ0) is 10.7. The molecule has 15 heavy (non-hydrogen) atoms. The van der Waals surface area contributed by atoms with Gasteiger partial charge in [-0.15, -0.1) is 11.3 Å². The number of nitrogens with zero attached hydrogens (tertiary/aromatic N) is 2. The van der Waals surface area contributed by atoms with Gasteiger partial charge in [-0.05, 0) is 25.9 Å². The Morgan fingerprint density at radius 1 is 1.60 bits per heavy atom. The Kier molecular flexibility index (Phi) is 3.30. The quantitative estimate of drug-likeness (QED) is 0.443. The second-order valence-electron chi connectivity index (χ2n) is 3.60. The zero-order valence-electron chi connectivity index (χ0n) is 8.40. The third-order valence-corrected chi connectivity index (χ3v) is 3.35. The van der Waals surface area contributed by atoms with Gasteiger partial charge in [0.05, 0.1) is 5.69 Å². The van der Waals surface area contributed by atoms with Crippen LogP contribution in [0.1, 0.15) is 28.3 Å². The highest BCUT2D eigenvalue weighted by atomic mass is 32.1. The third kappa shape index (κ3) is 2.53. The number of hydrogen-bond donors (Lipinski definition) is 2. The lowest BCUT2D eigenvalue weighted by molar-refractivity contribution is 0.0953. The van der Waals surface area contributed by atoms with Crippen molar-refractivity contribution in [2.45, 2.75) is 19.4 Å². The summed E-state index contributed by atoms with van der Waals surface area (Å²) in [4.78, 5) is 17.7. The minimum Gasteiger partial charge on any atom is -0.297 e. The number of carbonyl (C=O) groups excluding carboxylic acids is 1. The standard InChI is InChI=1S/C9H14N4OS/c10-12-8(14)9-11-7(6-15-9)5-13-3-1-2-4-13/h6H,1-5,10H2,(H,12,14). The molecule has 3 N–H and O–H groups in total. The van der Waals surface area contributed by atoms with Gasteiger partial charge >= 0.3 is 0 Å². The van der Waals surface area contributed by atoms with E-state index in [1.54, 1.807) is 0 Å². The number of thiazole rings is 1. The van der Waals surface area contributed by atoms with Gasteiger partial charge < -0.3 is 0 Å². The molecule has 1 aromatic rings. The number of aromatic nitrogens is 1. The van der Waals surface area contributed by atoms with Crippen molar-refractivity contribution in [2.24, 2.45) is 5.84 Å². The Balaban J connectivity index is 1.97. The van der Waals surface area contributed by atoms with Crippen molar-refractivity contribution in [3.8, 4) is 0 Å². The molecule has 1 aliphatic rings. The van der Waals surface area contributed by atoms with E-state index in [1.807, 2.05) is 5.38 Å². The summed E-state index contributed by atoms with van der Waals surface area (Å²) in [5.74, 6) is 4.72. The molecule has 6 heteroatoms. The fourth-order valence-corrected chi connectivity index (χ4v) is 2.43. The minimum absolute atomic E-state index is 0.312. The number of nitrogens with one attached hydrogen (secondary N) is 1. The number of carbonyl (C=O) groups is 1. The highest BCUT2D eigenvalue weighted by molar-refractivity contribution is 7.11. The van der Waals surface area contributed by atoms with E-state index >= 15 is 0 Å². The normalized spacial score (nSPS) is 16.9. The van der Waals surface area contributed by atoms with Gasteiger partial charge in [-0.1, -0.05) is 0 Å². The largest absolute Gasteiger partial charge is 0.297 e. The van der Waals surface area contributed by atoms with Crippen LogP contribution in [0, 0.1) is 0 Å². The monoisotopic (exact) mass is 226 g/mol. The van der Waals surface area contributed by atoms with Gasteiger partial charge in [0.25, 0.3) is 5.91 Å². The molecule has 0 aliphatic carbocycles. The van der Waals surface area contributed by atoms with E-state index in [9.17, 15) is 4.79 Å². The maximum atomic E-state index is 11.2. The number of hydrazine groups is 1. The van der Waals surface area contributed by atoms with E-state index in [2.05, 4.69) is 15.3 Å². The van der Waals surface area contributed by atoms with Crippen molar-refractivity contribution >= 4 is 17.2 Å². The van der Waals surface area contributed by atoms with Crippen molar-refractivity contribution in [3.05, 3.63) is 16.1 Å². The molecule has 0 unspecified atom stereocenters. The van der Waals surface area contributed by atoms with E-state index in [4.69, 9.17) is 5.84 Å². The summed E-state index contributed by atoms with van der Waals surface area (Å²) in [5, 5.41) is 2.36. The Hall–Kier alpha value is -0.980. The van der Waals surface area contributed by atoms with E-state index in [-0.39, 0.29) is 5.91 Å². The fourth-order valence-electron chi connectivity index (χ4n) is 1.72. The van der Waals surface area contributed by atoms with Gasteiger partial charge in [-0.2, -0.15) is 0 Å². The first kappa shape index (κ1) is 10.5. The lowest BCUT2D eigenvalue weighted by Gasteiger charge is -2.11. The van der Waals surface area contributed by atoms with Crippen LogP contribution in [0.5, 0.6) is 0 Å². The van der Waals surface area contributed by atoms with E-state index in [0.29, 0.717) is 5.01 Å². The number of nitrogens with two attached hydrogens (primary N) is 1. The first-order chi connectivity index (χ1) is 7.29. The maximum Gasteiger partial charge on any atom is 0.294 e. The van der Waals surface area contributed by atoms with Gasteiger partial charge in [-0.25, -0.2) is 10.8 Å². The summed E-state index contributed by atoms with van der Waals surface area (Å²) < 4.78 is 0. The highest BCUT2D eigenvalue weighted by Gasteiger charge is 2.15. The summed E-state index contributed by atoms with van der Waals surface area (Å²) in [6, 6.07) is 0. The van der Waals surface area contributed by atoms with Crippen LogP contribution in [-0.4, -0.2) is 28.9 Å². The summed E-state index contributed by atoms with van der Waals surface area (Å²) >= 11 is 1.34. The topological polar surface area (TPSA) is 71.2 Å². The number of rotatable bonds is 3. The first-order valence-corrected chi connectivity index (χ1v) is 5.85. The Bertz CT molecular complexity index is 346. The highest BCUT2D eigenvalue weighted by Crippen LogP contribution is 2.15. The van der Waals surface area contributed by atoms with Crippen LogP contribution in [0.2, 0.25) is 0 Å². The first-order valence-electron chi connectivity index (χ1n) is 4.97. The van der Waals surface area contributed by atoms with Gasteiger partial charge in [0.1, 0.15) is 0 Å². The predicted molar refractivity (Wildman–Crippen MR) is 58.3 cm³/mol. The predicted octanol–water partition coefficient (Wildman–Crippen LogP) is 0.342. The summed E-state index contributed by atoms with van der Waals surface area (Å²) in [6.45, 7) is 3.11. The Morgan fingerprint density at radius 2 is 2.33 bits per heavy atom. The van der Waals surface area contributed by atoms with Crippen LogP contribution >= 0.6 is 11.3 Å². The van der Waals surface area contributed by atoms with Crippen LogP contribution in [0.3, 0.4) is 0 Å². The lowest BCUT2D eigenvalue weighted by Crippen LogP contribution is -2.30. The van der Waals surface area contributed by atoms with Crippen LogP contribution in [0.15, 0.2) is 5.38 Å². The van der Waals surface area contributed by atoms with Crippen molar-refractivity contribution in [1.29, 1.82) is 0 Å². The lowest BCUT2D eigenvalue weighted by atomic mass is 10.4. The fraction of sp³-hybridized carbons (Fsp3) is 0.556.